The van der Waals surface area contributed by atoms with Crippen molar-refractivity contribution in [3.05, 3.63) is 54.2 Å². The highest BCUT2D eigenvalue weighted by molar-refractivity contribution is 6.08. The topological polar surface area (TPSA) is 69.6 Å². The van der Waals surface area contributed by atoms with E-state index < -0.39 is 0 Å². The Bertz CT molecular complexity index is 943. The van der Waals surface area contributed by atoms with Crippen molar-refractivity contribution < 1.29 is 4.79 Å². The third-order valence-electron chi connectivity index (χ3n) is 6.95. The van der Waals surface area contributed by atoms with Crippen LogP contribution in [0.2, 0.25) is 0 Å². The van der Waals surface area contributed by atoms with Gasteiger partial charge in [0.15, 0.2) is 5.82 Å². The lowest BCUT2D eigenvalue weighted by Gasteiger charge is -2.46. The minimum absolute atomic E-state index is 0.241. The van der Waals surface area contributed by atoms with Crippen LogP contribution < -0.4 is 10.6 Å². The van der Waals surface area contributed by atoms with Crippen molar-refractivity contribution in [3.8, 4) is 0 Å². The molecule has 2 aliphatic heterocycles. The molecule has 1 aliphatic carbocycles. The molecule has 1 spiro atoms. The van der Waals surface area contributed by atoms with Gasteiger partial charge in [0, 0.05) is 25.7 Å². The van der Waals surface area contributed by atoms with Crippen LogP contribution in [0.25, 0.3) is 0 Å². The molecule has 2 N–H and O–H groups in total. The van der Waals surface area contributed by atoms with E-state index in [-0.39, 0.29) is 11.4 Å². The van der Waals surface area contributed by atoms with Gasteiger partial charge in [-0.25, -0.2) is 4.98 Å². The number of nitrogens with one attached hydrogen (secondary N) is 2. The van der Waals surface area contributed by atoms with E-state index in [0.717, 1.165) is 49.7 Å². The van der Waals surface area contributed by atoms with E-state index in [1.807, 2.05) is 35.4 Å². The molecular weight excluding hydrogens is 386 g/mol. The number of aromatic nitrogens is 1. The van der Waals surface area contributed by atoms with E-state index in [2.05, 4.69) is 33.8 Å². The number of hydrogen-bond donors (Lipinski definition) is 2. The summed E-state index contributed by atoms with van der Waals surface area (Å²) in [5.41, 5.74) is 2.00. The number of hydrogen-bond acceptors (Lipinski definition) is 4. The number of amides is 1. The van der Waals surface area contributed by atoms with Crippen molar-refractivity contribution in [3.63, 3.8) is 0 Å². The third kappa shape index (κ3) is 4.29. The number of nitrogens with zero attached hydrogens (tertiary/aromatic N) is 3. The number of benzene rings is 1. The zero-order valence-electron chi connectivity index (χ0n) is 18.0. The van der Waals surface area contributed by atoms with E-state index in [9.17, 15) is 4.79 Å². The summed E-state index contributed by atoms with van der Waals surface area (Å²) in [5.74, 6) is 2.12. The fourth-order valence-corrected chi connectivity index (χ4v) is 5.08. The number of anilines is 2. The van der Waals surface area contributed by atoms with Crippen LogP contribution >= 0.6 is 0 Å². The van der Waals surface area contributed by atoms with E-state index in [0.29, 0.717) is 12.5 Å². The van der Waals surface area contributed by atoms with Crippen LogP contribution in [0.4, 0.5) is 11.5 Å². The zero-order chi connectivity index (χ0) is 21.1. The van der Waals surface area contributed by atoms with Crippen LogP contribution in [0.1, 0.15) is 50.5 Å². The van der Waals surface area contributed by atoms with Crippen molar-refractivity contribution in [1.29, 1.82) is 0 Å². The maximum atomic E-state index is 12.9. The van der Waals surface area contributed by atoms with Gasteiger partial charge in [0.25, 0.3) is 0 Å². The number of likely N-dealkylation sites (tertiary alicyclic amines) is 1. The summed E-state index contributed by atoms with van der Waals surface area (Å²) in [6.45, 7) is 1.50. The molecule has 1 saturated heterocycles. The van der Waals surface area contributed by atoms with Crippen molar-refractivity contribution in [2.24, 2.45) is 4.99 Å². The number of carbonyl (C=O) groups excluding carboxylic acids is 1. The Morgan fingerprint density at radius 3 is 2.65 bits per heavy atom. The Hall–Kier alpha value is -2.89. The highest BCUT2D eigenvalue weighted by Crippen LogP contribution is 2.37. The fraction of sp³-hybridized carbons (Fsp3) is 0.480. The number of rotatable bonds is 4. The Balaban J connectivity index is 1.29. The first-order valence-corrected chi connectivity index (χ1v) is 11.6. The maximum absolute atomic E-state index is 12.9. The second-order valence-electron chi connectivity index (χ2n) is 9.01. The lowest BCUT2D eigenvalue weighted by Crippen LogP contribution is -2.59. The van der Waals surface area contributed by atoms with Gasteiger partial charge >= 0.3 is 0 Å². The van der Waals surface area contributed by atoms with Crippen molar-refractivity contribution >= 4 is 23.2 Å². The number of fused-ring (bicyclic) bond motifs is 1. The monoisotopic (exact) mass is 417 g/mol. The summed E-state index contributed by atoms with van der Waals surface area (Å²) in [5, 5.41) is 7.31. The predicted molar refractivity (Wildman–Crippen MR) is 124 cm³/mol. The van der Waals surface area contributed by atoms with Gasteiger partial charge in [-0.15, -0.1) is 0 Å². The van der Waals surface area contributed by atoms with Crippen LogP contribution in [-0.2, 0) is 11.2 Å². The molecule has 6 nitrogen and oxygen atoms in total. The van der Waals surface area contributed by atoms with Crippen molar-refractivity contribution in [2.45, 2.75) is 62.9 Å². The summed E-state index contributed by atoms with van der Waals surface area (Å²) in [6.07, 6.45) is 9.76. The first-order chi connectivity index (χ1) is 15.2. The second-order valence-corrected chi connectivity index (χ2v) is 9.01. The quantitative estimate of drug-likeness (QED) is 0.780. The highest BCUT2D eigenvalue weighted by Gasteiger charge is 2.44. The summed E-state index contributed by atoms with van der Waals surface area (Å²) in [6, 6.07) is 14.7. The van der Waals surface area contributed by atoms with E-state index in [4.69, 9.17) is 4.99 Å². The average molecular weight is 418 g/mol. The van der Waals surface area contributed by atoms with Crippen LogP contribution in [-0.4, -0.2) is 46.3 Å². The van der Waals surface area contributed by atoms with E-state index in [1.54, 1.807) is 0 Å². The van der Waals surface area contributed by atoms with Gasteiger partial charge in [0.2, 0.25) is 5.91 Å². The smallest absolute Gasteiger partial charge is 0.222 e. The zero-order valence-corrected chi connectivity index (χ0v) is 18.0. The molecule has 162 valence electrons. The summed E-state index contributed by atoms with van der Waals surface area (Å²) in [4.78, 5) is 24.5. The molecule has 1 aromatic carbocycles. The summed E-state index contributed by atoms with van der Waals surface area (Å²) in [7, 11) is 0. The van der Waals surface area contributed by atoms with Gasteiger partial charge in [-0.2, -0.15) is 0 Å². The van der Waals surface area contributed by atoms with E-state index in [1.165, 1.54) is 31.2 Å². The molecule has 0 radical (unpaired) electrons. The number of pyridine rings is 1. The summed E-state index contributed by atoms with van der Waals surface area (Å²) < 4.78 is 0. The molecule has 6 heteroatoms. The molecule has 1 amide bonds. The molecule has 2 fully saturated rings. The molecule has 0 atom stereocenters. The number of piperidine rings is 1. The average Bonchev–Trinajstić information content (AvgIpc) is 3.32. The molecule has 2 aromatic rings. The first kappa shape index (κ1) is 20.0. The van der Waals surface area contributed by atoms with Crippen LogP contribution in [0.5, 0.6) is 0 Å². The SMILES string of the molecule is O=C(CCc1ccccc1)N1CCC2(CC1)Nc1cccnc1NC2=NC1CCCC1. The van der Waals surface area contributed by atoms with Gasteiger partial charge < -0.3 is 15.5 Å². The number of aliphatic imine (C=N–C) groups is 1. The number of amidine groups is 1. The Morgan fingerprint density at radius 1 is 1.10 bits per heavy atom. The Labute approximate surface area is 184 Å². The summed E-state index contributed by atoms with van der Waals surface area (Å²) >= 11 is 0. The van der Waals surface area contributed by atoms with E-state index >= 15 is 0 Å². The Morgan fingerprint density at radius 2 is 1.87 bits per heavy atom. The Kier molecular flexibility index (Phi) is 5.62. The number of aryl methyl sites for hydroxylation is 1. The molecule has 31 heavy (non-hydrogen) atoms. The van der Waals surface area contributed by atoms with Crippen LogP contribution in [0.15, 0.2) is 53.7 Å². The molecule has 0 bridgehead atoms. The molecular formula is C25H31N5O. The third-order valence-corrected chi connectivity index (χ3v) is 6.95. The van der Waals surface area contributed by atoms with Crippen molar-refractivity contribution in [1.82, 2.24) is 9.88 Å². The predicted octanol–water partition coefficient (Wildman–Crippen LogP) is 4.25. The maximum Gasteiger partial charge on any atom is 0.222 e. The minimum Gasteiger partial charge on any atom is -0.370 e. The minimum atomic E-state index is -0.241. The largest absolute Gasteiger partial charge is 0.370 e. The molecule has 5 rings (SSSR count). The molecule has 3 heterocycles. The molecule has 1 aromatic heterocycles. The van der Waals surface area contributed by atoms with Crippen LogP contribution in [0.3, 0.4) is 0 Å². The lowest BCUT2D eigenvalue weighted by molar-refractivity contribution is -0.132. The lowest BCUT2D eigenvalue weighted by atomic mass is 9.84. The molecule has 1 saturated carbocycles. The van der Waals surface area contributed by atoms with Gasteiger partial charge in [-0.3, -0.25) is 9.79 Å². The normalized spacial score (nSPS) is 21.5. The van der Waals surface area contributed by atoms with Gasteiger partial charge in [-0.05, 0) is 49.8 Å². The molecule has 3 aliphatic rings. The standard InChI is InChI=1S/C25H31N5O/c31-22(13-12-19-7-2-1-3-8-19)30-17-14-25(15-18-30)24(27-20-9-4-5-10-20)28-23-21(29-25)11-6-16-26-23/h1-3,6-8,11,16,20,29H,4-5,9-10,12-15,17-18H2,(H,26,27,28). The first-order valence-electron chi connectivity index (χ1n) is 11.6. The molecule has 0 unspecified atom stereocenters. The van der Waals surface area contributed by atoms with Gasteiger partial charge in [-0.1, -0.05) is 43.2 Å². The highest BCUT2D eigenvalue weighted by atomic mass is 16.2. The van der Waals surface area contributed by atoms with Gasteiger partial charge in [0.1, 0.15) is 5.84 Å². The second kappa shape index (κ2) is 8.69. The number of carbonyl (C=O) groups is 1. The van der Waals surface area contributed by atoms with Crippen LogP contribution in [0, 0.1) is 0 Å². The fourth-order valence-electron chi connectivity index (χ4n) is 5.08. The van der Waals surface area contributed by atoms with Gasteiger partial charge in [0.05, 0.1) is 17.3 Å². The van der Waals surface area contributed by atoms with Crippen molar-refractivity contribution in [2.75, 3.05) is 23.7 Å².